The molecule has 4 rings (SSSR count). The Morgan fingerprint density at radius 3 is 2.75 bits per heavy atom. The highest BCUT2D eigenvalue weighted by molar-refractivity contribution is 5.88. The van der Waals surface area contributed by atoms with Crippen LogP contribution < -0.4 is 4.74 Å². The largest absolute Gasteiger partial charge is 0.492 e. The second kappa shape index (κ2) is 5.38. The van der Waals surface area contributed by atoms with Crippen molar-refractivity contribution in [3.63, 3.8) is 0 Å². The van der Waals surface area contributed by atoms with Gasteiger partial charge in [0.15, 0.2) is 0 Å². The lowest BCUT2D eigenvalue weighted by Gasteiger charge is -2.23. The number of ether oxygens (including phenoxy) is 1. The zero-order valence-corrected chi connectivity index (χ0v) is 13.5. The van der Waals surface area contributed by atoms with Gasteiger partial charge in [0.25, 0.3) is 0 Å². The third-order valence-corrected chi connectivity index (χ3v) is 4.89. The molecule has 3 aromatic rings. The Kier molecular flexibility index (Phi) is 3.31. The molecule has 0 aromatic heterocycles. The van der Waals surface area contributed by atoms with Crippen molar-refractivity contribution in [3.8, 4) is 5.75 Å². The van der Waals surface area contributed by atoms with E-state index in [4.69, 9.17) is 9.84 Å². The molecule has 0 spiro atoms. The molecule has 1 atom stereocenters. The van der Waals surface area contributed by atoms with Crippen LogP contribution >= 0.6 is 0 Å². The first kappa shape index (κ1) is 14.8. The van der Waals surface area contributed by atoms with Crippen molar-refractivity contribution >= 4 is 16.7 Å². The van der Waals surface area contributed by atoms with E-state index in [9.17, 15) is 4.79 Å². The minimum Gasteiger partial charge on any atom is -0.492 e. The van der Waals surface area contributed by atoms with Gasteiger partial charge in [-0.3, -0.25) is 0 Å². The number of hydrogen-bond acceptors (Lipinski definition) is 2. The molecule has 0 amide bonds. The maximum absolute atomic E-state index is 11.1. The number of carbonyl (C=O) groups is 1. The smallest absolute Gasteiger partial charge is 0.335 e. The Morgan fingerprint density at radius 2 is 1.92 bits per heavy atom. The molecule has 1 N–H and O–H groups in total. The second-order valence-electron chi connectivity index (χ2n) is 6.68. The summed E-state index contributed by atoms with van der Waals surface area (Å²) in [6.45, 7) is 2.75. The SMILES string of the molecule is CC1(Cc2cccc3ccccc23)COc2cc(C(=O)O)ccc21. The van der Waals surface area contributed by atoms with Crippen molar-refractivity contribution in [2.45, 2.75) is 18.8 Å². The second-order valence-corrected chi connectivity index (χ2v) is 6.68. The lowest BCUT2D eigenvalue weighted by Crippen LogP contribution is -2.26. The van der Waals surface area contributed by atoms with Gasteiger partial charge in [-0.05, 0) is 34.9 Å². The molecule has 1 heterocycles. The number of fused-ring (bicyclic) bond motifs is 2. The fourth-order valence-electron chi connectivity index (χ4n) is 3.60. The Labute approximate surface area is 140 Å². The van der Waals surface area contributed by atoms with Crippen LogP contribution in [0.15, 0.2) is 60.7 Å². The summed E-state index contributed by atoms with van der Waals surface area (Å²) < 4.78 is 5.83. The lowest BCUT2D eigenvalue weighted by atomic mass is 9.78. The molecule has 1 aliphatic heterocycles. The summed E-state index contributed by atoms with van der Waals surface area (Å²) in [7, 11) is 0. The Balaban J connectivity index is 1.75. The first-order valence-corrected chi connectivity index (χ1v) is 8.04. The Bertz CT molecular complexity index is 939. The van der Waals surface area contributed by atoms with Crippen LogP contribution in [0.3, 0.4) is 0 Å². The Hall–Kier alpha value is -2.81. The molecule has 24 heavy (non-hydrogen) atoms. The number of rotatable bonds is 3. The molecule has 1 aliphatic rings. The molecule has 120 valence electrons. The zero-order chi connectivity index (χ0) is 16.7. The highest BCUT2D eigenvalue weighted by Crippen LogP contribution is 2.42. The van der Waals surface area contributed by atoms with Gasteiger partial charge < -0.3 is 9.84 Å². The third kappa shape index (κ3) is 2.33. The molecule has 3 heteroatoms. The topological polar surface area (TPSA) is 46.5 Å². The maximum Gasteiger partial charge on any atom is 0.335 e. The summed E-state index contributed by atoms with van der Waals surface area (Å²) in [5.41, 5.74) is 2.48. The summed E-state index contributed by atoms with van der Waals surface area (Å²) in [5, 5.41) is 11.6. The first-order chi connectivity index (χ1) is 11.6. The monoisotopic (exact) mass is 318 g/mol. The quantitative estimate of drug-likeness (QED) is 0.777. The molecule has 0 saturated heterocycles. The van der Waals surface area contributed by atoms with Crippen molar-refractivity contribution in [1.29, 1.82) is 0 Å². The van der Waals surface area contributed by atoms with E-state index in [1.807, 2.05) is 6.07 Å². The van der Waals surface area contributed by atoms with Gasteiger partial charge in [-0.2, -0.15) is 0 Å². The van der Waals surface area contributed by atoms with Crippen LogP contribution in [-0.2, 0) is 11.8 Å². The van der Waals surface area contributed by atoms with Gasteiger partial charge in [0, 0.05) is 11.0 Å². The van der Waals surface area contributed by atoms with E-state index in [2.05, 4.69) is 49.4 Å². The van der Waals surface area contributed by atoms with E-state index in [0.29, 0.717) is 12.4 Å². The highest BCUT2D eigenvalue weighted by atomic mass is 16.5. The predicted octanol–water partition coefficient (Wildman–Crippen LogP) is 4.43. The van der Waals surface area contributed by atoms with Crippen LogP contribution in [0.1, 0.15) is 28.4 Å². The predicted molar refractivity (Wildman–Crippen MR) is 93.9 cm³/mol. The molecule has 3 aromatic carbocycles. The van der Waals surface area contributed by atoms with Crippen molar-refractivity contribution in [2.24, 2.45) is 0 Å². The van der Waals surface area contributed by atoms with E-state index in [-0.39, 0.29) is 11.0 Å². The molecular formula is C21H18O3. The number of aromatic carboxylic acids is 1. The highest BCUT2D eigenvalue weighted by Gasteiger charge is 2.37. The van der Waals surface area contributed by atoms with E-state index in [0.717, 1.165) is 12.0 Å². The summed E-state index contributed by atoms with van der Waals surface area (Å²) in [4.78, 5) is 11.1. The van der Waals surface area contributed by atoms with Gasteiger partial charge in [0.2, 0.25) is 0 Å². The van der Waals surface area contributed by atoms with Gasteiger partial charge in [-0.1, -0.05) is 55.5 Å². The summed E-state index contributed by atoms with van der Waals surface area (Å²) in [5.74, 6) is -0.235. The average Bonchev–Trinajstić information content (AvgIpc) is 2.92. The van der Waals surface area contributed by atoms with E-state index >= 15 is 0 Å². The minimum absolute atomic E-state index is 0.156. The van der Waals surface area contributed by atoms with E-state index in [1.54, 1.807) is 12.1 Å². The number of carboxylic acids is 1. The number of hydrogen-bond donors (Lipinski definition) is 1. The van der Waals surface area contributed by atoms with Crippen LogP contribution in [0.4, 0.5) is 0 Å². The van der Waals surface area contributed by atoms with E-state index < -0.39 is 5.97 Å². The van der Waals surface area contributed by atoms with Crippen molar-refractivity contribution < 1.29 is 14.6 Å². The molecule has 1 unspecified atom stereocenters. The lowest BCUT2D eigenvalue weighted by molar-refractivity contribution is 0.0696. The fraction of sp³-hybridized carbons (Fsp3) is 0.190. The normalized spacial score (nSPS) is 19.0. The molecule has 0 saturated carbocycles. The van der Waals surface area contributed by atoms with Crippen molar-refractivity contribution in [2.75, 3.05) is 6.61 Å². The van der Waals surface area contributed by atoms with Crippen molar-refractivity contribution in [1.82, 2.24) is 0 Å². The Morgan fingerprint density at radius 1 is 1.12 bits per heavy atom. The standard InChI is InChI=1S/C21H18O3/c1-21(12-16-7-4-6-14-5-2-3-8-17(14)16)13-24-19-11-15(20(22)23)9-10-18(19)21/h2-11H,12-13H2,1H3,(H,22,23). The van der Waals surface area contributed by atoms with Crippen molar-refractivity contribution in [3.05, 3.63) is 77.4 Å². The van der Waals surface area contributed by atoms with Gasteiger partial charge >= 0.3 is 5.97 Å². The molecule has 0 radical (unpaired) electrons. The summed E-state index contributed by atoms with van der Waals surface area (Å²) in [6.07, 6.45) is 0.855. The third-order valence-electron chi connectivity index (χ3n) is 4.89. The maximum atomic E-state index is 11.1. The minimum atomic E-state index is -0.927. The summed E-state index contributed by atoms with van der Waals surface area (Å²) in [6, 6.07) is 20.0. The first-order valence-electron chi connectivity index (χ1n) is 8.04. The zero-order valence-electron chi connectivity index (χ0n) is 13.5. The fourth-order valence-corrected chi connectivity index (χ4v) is 3.60. The molecule has 3 nitrogen and oxygen atoms in total. The summed E-state index contributed by atoms with van der Waals surface area (Å²) >= 11 is 0. The van der Waals surface area contributed by atoms with Crippen LogP contribution in [0, 0.1) is 0 Å². The van der Waals surface area contributed by atoms with E-state index in [1.165, 1.54) is 16.3 Å². The number of carboxylic acid groups (broad SMARTS) is 1. The van der Waals surface area contributed by atoms with Crippen LogP contribution in [-0.4, -0.2) is 17.7 Å². The molecule has 0 aliphatic carbocycles. The average molecular weight is 318 g/mol. The van der Waals surface area contributed by atoms with Crippen LogP contribution in [0.5, 0.6) is 5.75 Å². The van der Waals surface area contributed by atoms with Gasteiger partial charge in [0.1, 0.15) is 5.75 Å². The van der Waals surface area contributed by atoms with Gasteiger partial charge in [-0.15, -0.1) is 0 Å². The van der Waals surface area contributed by atoms with Gasteiger partial charge in [-0.25, -0.2) is 4.79 Å². The van der Waals surface area contributed by atoms with Crippen LogP contribution in [0.2, 0.25) is 0 Å². The van der Waals surface area contributed by atoms with Gasteiger partial charge in [0.05, 0.1) is 12.2 Å². The molecule has 0 fully saturated rings. The molecular weight excluding hydrogens is 300 g/mol. The number of benzene rings is 3. The molecule has 0 bridgehead atoms. The van der Waals surface area contributed by atoms with Crippen LogP contribution in [0.25, 0.3) is 10.8 Å².